The molecule has 0 bridgehead atoms. The average molecular weight is 275 g/mol. The lowest BCUT2D eigenvalue weighted by molar-refractivity contribution is 0.445. The summed E-state index contributed by atoms with van der Waals surface area (Å²) in [6.45, 7) is 3.85. The van der Waals surface area contributed by atoms with E-state index in [1.165, 1.54) is 10.8 Å². The number of hydrogen-bond donors (Lipinski definition) is 0. The Bertz CT molecular complexity index is 753. The third-order valence-corrected chi connectivity index (χ3v) is 2.94. The topological polar surface area (TPSA) is 52.3 Å². The number of aryl methyl sites for hydroxylation is 2. The van der Waals surface area contributed by atoms with Gasteiger partial charge in [0.2, 0.25) is 5.88 Å². The molecule has 2 heterocycles. The summed E-state index contributed by atoms with van der Waals surface area (Å²) in [6.07, 6.45) is 1.44. The maximum atomic E-state index is 6.16. The van der Waals surface area contributed by atoms with Crippen LogP contribution < -0.4 is 4.74 Å². The number of hydrogen-bond acceptors (Lipinski definition) is 4. The highest BCUT2D eigenvalue weighted by atomic mass is 35.5. The number of ether oxygens (including phenoxy) is 1. The van der Waals surface area contributed by atoms with E-state index in [9.17, 15) is 0 Å². The van der Waals surface area contributed by atoms with Crippen LogP contribution in [0.5, 0.6) is 11.6 Å². The molecule has 0 N–H and O–H groups in total. The first-order chi connectivity index (χ1) is 9.13. The molecular weight excluding hydrogens is 264 g/mol. The minimum absolute atomic E-state index is 0.498. The third kappa shape index (κ3) is 2.24. The van der Waals surface area contributed by atoms with Crippen molar-refractivity contribution < 1.29 is 4.74 Å². The molecule has 0 atom stereocenters. The maximum Gasteiger partial charge on any atom is 0.255 e. The molecular formula is C13H11ClN4O. The van der Waals surface area contributed by atoms with Crippen LogP contribution in [0.4, 0.5) is 0 Å². The molecule has 0 saturated carbocycles. The minimum atomic E-state index is 0.498. The van der Waals surface area contributed by atoms with Gasteiger partial charge < -0.3 is 4.74 Å². The van der Waals surface area contributed by atoms with Gasteiger partial charge in [-0.2, -0.15) is 14.6 Å². The summed E-state index contributed by atoms with van der Waals surface area (Å²) >= 11 is 6.16. The molecule has 0 radical (unpaired) electrons. The van der Waals surface area contributed by atoms with Gasteiger partial charge in [-0.3, -0.25) is 0 Å². The van der Waals surface area contributed by atoms with Gasteiger partial charge in [0, 0.05) is 11.8 Å². The molecule has 0 spiro atoms. The lowest BCUT2D eigenvalue weighted by Crippen LogP contribution is -1.99. The van der Waals surface area contributed by atoms with Crippen molar-refractivity contribution in [3.8, 4) is 11.6 Å². The number of aromatic nitrogens is 4. The highest BCUT2D eigenvalue weighted by molar-refractivity contribution is 6.32. The van der Waals surface area contributed by atoms with Crippen LogP contribution in [-0.2, 0) is 0 Å². The Labute approximate surface area is 114 Å². The Hall–Kier alpha value is -2.14. The number of benzene rings is 1. The summed E-state index contributed by atoms with van der Waals surface area (Å²) in [5, 5.41) is 4.64. The first-order valence-corrected chi connectivity index (χ1v) is 6.13. The van der Waals surface area contributed by atoms with Gasteiger partial charge in [0.05, 0.1) is 5.02 Å². The lowest BCUT2D eigenvalue weighted by atomic mass is 10.2. The van der Waals surface area contributed by atoms with Crippen molar-refractivity contribution in [3.63, 3.8) is 0 Å². The third-order valence-electron chi connectivity index (χ3n) is 2.65. The van der Waals surface area contributed by atoms with Crippen molar-refractivity contribution >= 4 is 17.4 Å². The second kappa shape index (κ2) is 4.51. The molecule has 0 aliphatic heterocycles. The molecule has 6 heteroatoms. The fourth-order valence-electron chi connectivity index (χ4n) is 1.77. The Morgan fingerprint density at radius 3 is 2.84 bits per heavy atom. The van der Waals surface area contributed by atoms with E-state index in [4.69, 9.17) is 16.3 Å². The van der Waals surface area contributed by atoms with E-state index in [0.29, 0.717) is 22.4 Å². The lowest BCUT2D eigenvalue weighted by Gasteiger charge is -2.09. The van der Waals surface area contributed by atoms with Gasteiger partial charge in [-0.15, -0.1) is 0 Å². The zero-order valence-electron chi connectivity index (χ0n) is 10.5. The Morgan fingerprint density at radius 2 is 2.05 bits per heavy atom. The largest absolute Gasteiger partial charge is 0.437 e. The van der Waals surface area contributed by atoms with Crippen molar-refractivity contribution in [1.82, 2.24) is 19.6 Å². The van der Waals surface area contributed by atoms with Gasteiger partial charge >= 0.3 is 0 Å². The molecule has 0 saturated heterocycles. The highest BCUT2D eigenvalue weighted by Crippen LogP contribution is 2.30. The molecule has 3 rings (SSSR count). The van der Waals surface area contributed by atoms with Gasteiger partial charge in [0.15, 0.2) is 0 Å². The smallest absolute Gasteiger partial charge is 0.255 e. The standard InChI is InChI=1S/C13H11ClN4O/c1-8-3-4-11(10(14)5-8)19-12-6-9(2)17-13-15-7-16-18(12)13/h3-7H,1-2H3. The van der Waals surface area contributed by atoms with E-state index in [1.54, 1.807) is 6.07 Å². The molecule has 0 aliphatic rings. The van der Waals surface area contributed by atoms with E-state index < -0.39 is 0 Å². The van der Waals surface area contributed by atoms with E-state index in [0.717, 1.165) is 11.3 Å². The zero-order valence-corrected chi connectivity index (χ0v) is 11.2. The summed E-state index contributed by atoms with van der Waals surface area (Å²) in [5.74, 6) is 1.61. The summed E-state index contributed by atoms with van der Waals surface area (Å²) in [7, 11) is 0. The highest BCUT2D eigenvalue weighted by Gasteiger charge is 2.09. The van der Waals surface area contributed by atoms with Crippen LogP contribution in [0.1, 0.15) is 11.3 Å². The molecule has 96 valence electrons. The first kappa shape index (κ1) is 11.9. The molecule has 5 nitrogen and oxygen atoms in total. The molecule has 2 aromatic heterocycles. The fraction of sp³-hybridized carbons (Fsp3) is 0.154. The maximum absolute atomic E-state index is 6.16. The zero-order chi connectivity index (χ0) is 13.4. The van der Waals surface area contributed by atoms with Crippen LogP contribution in [-0.4, -0.2) is 19.6 Å². The van der Waals surface area contributed by atoms with Crippen molar-refractivity contribution in [2.45, 2.75) is 13.8 Å². The number of nitrogens with zero attached hydrogens (tertiary/aromatic N) is 4. The first-order valence-electron chi connectivity index (χ1n) is 5.75. The van der Waals surface area contributed by atoms with Gasteiger partial charge in [-0.25, -0.2) is 4.98 Å². The summed E-state index contributed by atoms with van der Waals surface area (Å²) in [5.41, 5.74) is 1.88. The monoisotopic (exact) mass is 274 g/mol. The molecule has 3 aromatic rings. The Kier molecular flexibility index (Phi) is 2.83. The van der Waals surface area contributed by atoms with Crippen molar-refractivity contribution in [1.29, 1.82) is 0 Å². The fourth-order valence-corrected chi connectivity index (χ4v) is 2.04. The normalized spacial score (nSPS) is 10.9. The van der Waals surface area contributed by atoms with E-state index >= 15 is 0 Å². The predicted molar refractivity (Wildman–Crippen MR) is 71.8 cm³/mol. The summed E-state index contributed by atoms with van der Waals surface area (Å²) in [6, 6.07) is 7.41. The number of halogens is 1. The molecule has 0 unspecified atom stereocenters. The van der Waals surface area contributed by atoms with Crippen LogP contribution in [0.25, 0.3) is 5.78 Å². The quantitative estimate of drug-likeness (QED) is 0.720. The van der Waals surface area contributed by atoms with E-state index in [1.807, 2.05) is 32.0 Å². The van der Waals surface area contributed by atoms with E-state index in [2.05, 4.69) is 15.1 Å². The van der Waals surface area contributed by atoms with Crippen LogP contribution in [0.3, 0.4) is 0 Å². The van der Waals surface area contributed by atoms with Crippen LogP contribution >= 0.6 is 11.6 Å². The second-order valence-corrected chi connectivity index (χ2v) is 4.65. The second-order valence-electron chi connectivity index (χ2n) is 4.24. The summed E-state index contributed by atoms with van der Waals surface area (Å²) in [4.78, 5) is 8.30. The van der Waals surface area contributed by atoms with Gasteiger partial charge in [-0.05, 0) is 31.5 Å². The van der Waals surface area contributed by atoms with Crippen LogP contribution in [0.2, 0.25) is 5.02 Å². The van der Waals surface area contributed by atoms with E-state index in [-0.39, 0.29) is 0 Å². The average Bonchev–Trinajstić information content (AvgIpc) is 2.80. The van der Waals surface area contributed by atoms with Crippen molar-refractivity contribution in [2.75, 3.05) is 0 Å². The van der Waals surface area contributed by atoms with Crippen LogP contribution in [0.15, 0.2) is 30.6 Å². The number of rotatable bonds is 2. The van der Waals surface area contributed by atoms with Crippen LogP contribution in [0, 0.1) is 13.8 Å². The Morgan fingerprint density at radius 1 is 1.21 bits per heavy atom. The molecule has 0 fully saturated rings. The minimum Gasteiger partial charge on any atom is -0.437 e. The molecule has 0 amide bonds. The van der Waals surface area contributed by atoms with Gasteiger partial charge in [-0.1, -0.05) is 17.7 Å². The van der Waals surface area contributed by atoms with Gasteiger partial charge in [0.1, 0.15) is 12.1 Å². The van der Waals surface area contributed by atoms with Crippen molar-refractivity contribution in [2.24, 2.45) is 0 Å². The molecule has 19 heavy (non-hydrogen) atoms. The molecule has 0 aliphatic carbocycles. The summed E-state index contributed by atoms with van der Waals surface area (Å²) < 4.78 is 7.34. The predicted octanol–water partition coefficient (Wildman–Crippen LogP) is 3.19. The van der Waals surface area contributed by atoms with Gasteiger partial charge in [0.25, 0.3) is 5.78 Å². The molecule has 1 aromatic carbocycles. The Balaban J connectivity index is 2.07. The van der Waals surface area contributed by atoms with Crippen molar-refractivity contribution in [3.05, 3.63) is 46.9 Å². The SMILES string of the molecule is Cc1ccc(Oc2cc(C)nc3ncnn23)c(Cl)c1. The number of fused-ring (bicyclic) bond motifs is 1.